The fraction of sp³-hybridized carbons (Fsp3) is 0.250. The molecule has 0 saturated carbocycles. The molecule has 1 aromatic carbocycles. The number of nitriles is 1. The molecule has 1 amide bonds. The van der Waals surface area contributed by atoms with Gasteiger partial charge in [0, 0.05) is 6.07 Å². The molecule has 0 unspecified atom stereocenters. The minimum Gasteiger partial charge on any atom is -0.459 e. The molecule has 0 aromatic heterocycles. The van der Waals surface area contributed by atoms with Crippen LogP contribution in [0.2, 0.25) is 0 Å². The minimum atomic E-state index is -4.98. The van der Waals surface area contributed by atoms with E-state index in [-0.39, 0.29) is 12.7 Å². The van der Waals surface area contributed by atoms with E-state index in [9.17, 15) is 32.9 Å². The summed E-state index contributed by atoms with van der Waals surface area (Å²) in [5.74, 6) is -2.90. The summed E-state index contributed by atoms with van der Waals surface area (Å²) in [6, 6.07) is 1.77. The lowest BCUT2D eigenvalue weighted by Gasteiger charge is -2.12. The molecule has 1 N–H and O–H groups in total. The second-order valence-corrected chi connectivity index (χ2v) is 3.96. The molecule has 0 atom stereocenters. The second kappa shape index (κ2) is 6.73. The minimum absolute atomic E-state index is 0.171. The molecule has 0 bridgehead atoms. The molecule has 0 spiro atoms. The highest BCUT2D eigenvalue weighted by Crippen LogP contribution is 2.37. The van der Waals surface area contributed by atoms with Gasteiger partial charge >= 0.3 is 18.1 Å². The maximum atomic E-state index is 12.8. The first-order valence-corrected chi connectivity index (χ1v) is 5.89. The molecule has 0 fully saturated rings. The Balaban J connectivity index is 3.40. The zero-order valence-electron chi connectivity index (χ0n) is 11.4. The lowest BCUT2D eigenvalue weighted by molar-refractivity contribution is -0.384. The summed E-state index contributed by atoms with van der Waals surface area (Å²) in [7, 11) is 0. The third kappa shape index (κ3) is 4.16. The van der Waals surface area contributed by atoms with Gasteiger partial charge < -0.3 is 10.1 Å². The van der Waals surface area contributed by atoms with E-state index in [0.29, 0.717) is 6.07 Å². The van der Waals surface area contributed by atoms with E-state index in [1.165, 1.54) is 13.0 Å². The number of nitro groups is 1. The van der Waals surface area contributed by atoms with Crippen molar-refractivity contribution in [2.45, 2.75) is 13.1 Å². The van der Waals surface area contributed by atoms with Crippen molar-refractivity contribution in [3.8, 4) is 6.07 Å². The number of anilines is 1. The number of amides is 1. The number of halogens is 3. The molecule has 1 rings (SSSR count). The van der Waals surface area contributed by atoms with Crippen molar-refractivity contribution in [3.63, 3.8) is 0 Å². The molecular weight excluding hydrogens is 323 g/mol. The van der Waals surface area contributed by atoms with Crippen molar-refractivity contribution in [1.82, 2.24) is 0 Å². The third-order valence-electron chi connectivity index (χ3n) is 2.47. The quantitative estimate of drug-likeness (QED) is 0.391. The van der Waals surface area contributed by atoms with Crippen LogP contribution in [-0.4, -0.2) is 23.4 Å². The summed E-state index contributed by atoms with van der Waals surface area (Å²) in [6.07, 6.45) is -4.98. The van der Waals surface area contributed by atoms with Gasteiger partial charge in [-0.05, 0) is 13.0 Å². The highest BCUT2D eigenvalue weighted by atomic mass is 19.4. The van der Waals surface area contributed by atoms with Gasteiger partial charge in [0.15, 0.2) is 0 Å². The van der Waals surface area contributed by atoms with Crippen molar-refractivity contribution in [2.24, 2.45) is 0 Å². The van der Waals surface area contributed by atoms with Crippen LogP contribution in [-0.2, 0) is 20.5 Å². The lowest BCUT2D eigenvalue weighted by Crippen LogP contribution is -2.25. The number of nitro benzene ring substituents is 1. The zero-order valence-corrected chi connectivity index (χ0v) is 11.4. The smallest absolute Gasteiger partial charge is 0.417 e. The van der Waals surface area contributed by atoms with E-state index in [1.54, 1.807) is 5.32 Å². The number of carbonyl (C=O) groups is 2. The molecule has 0 saturated heterocycles. The van der Waals surface area contributed by atoms with E-state index in [0.717, 1.165) is 0 Å². The normalized spacial score (nSPS) is 10.6. The first-order valence-electron chi connectivity index (χ1n) is 5.89. The molecule has 122 valence electrons. The van der Waals surface area contributed by atoms with Crippen LogP contribution >= 0.6 is 0 Å². The first-order chi connectivity index (χ1) is 10.6. The summed E-state index contributed by atoms with van der Waals surface area (Å²) in [4.78, 5) is 32.4. The Kier molecular flexibility index (Phi) is 5.24. The Morgan fingerprint density at radius 2 is 2.04 bits per heavy atom. The van der Waals surface area contributed by atoms with Crippen LogP contribution in [0.15, 0.2) is 12.1 Å². The molecule has 0 aliphatic rings. The summed E-state index contributed by atoms with van der Waals surface area (Å²) < 4.78 is 42.8. The molecule has 8 nitrogen and oxygen atoms in total. The number of hydrogen-bond donors (Lipinski definition) is 1. The van der Waals surface area contributed by atoms with Gasteiger partial charge in [-0.3, -0.25) is 14.9 Å². The Hall–Kier alpha value is -3.16. The van der Waals surface area contributed by atoms with Crippen LogP contribution in [0.25, 0.3) is 0 Å². The van der Waals surface area contributed by atoms with Gasteiger partial charge in [0.05, 0.1) is 22.7 Å². The third-order valence-corrected chi connectivity index (χ3v) is 2.47. The first kappa shape index (κ1) is 17.9. The average molecular weight is 331 g/mol. The number of esters is 1. The van der Waals surface area contributed by atoms with Crippen molar-refractivity contribution >= 4 is 23.3 Å². The fourth-order valence-corrected chi connectivity index (χ4v) is 1.54. The summed E-state index contributed by atoms with van der Waals surface area (Å²) in [5, 5.41) is 21.2. The average Bonchev–Trinajstić information content (AvgIpc) is 2.45. The van der Waals surface area contributed by atoms with E-state index >= 15 is 0 Å². The van der Waals surface area contributed by atoms with Gasteiger partial charge in [-0.15, -0.1) is 0 Å². The predicted molar refractivity (Wildman–Crippen MR) is 68.1 cm³/mol. The van der Waals surface area contributed by atoms with Crippen LogP contribution in [0.1, 0.15) is 18.1 Å². The Labute approximate surface area is 126 Å². The van der Waals surface area contributed by atoms with Crippen LogP contribution in [0, 0.1) is 21.4 Å². The van der Waals surface area contributed by atoms with Gasteiger partial charge in [0.25, 0.3) is 5.69 Å². The van der Waals surface area contributed by atoms with E-state index in [4.69, 9.17) is 5.26 Å². The predicted octanol–water partition coefficient (Wildman–Crippen LogP) is 1.99. The number of nitrogens with one attached hydrogen (secondary N) is 1. The zero-order chi connectivity index (χ0) is 17.8. The van der Waals surface area contributed by atoms with Gasteiger partial charge in [0.2, 0.25) is 0 Å². The van der Waals surface area contributed by atoms with Crippen molar-refractivity contribution in [1.29, 1.82) is 5.26 Å². The highest BCUT2D eigenvalue weighted by molar-refractivity contribution is 6.37. The van der Waals surface area contributed by atoms with E-state index < -0.39 is 45.5 Å². The standard InChI is InChI=1S/C12H8F3N3O5/c1-2-23-11(20)10(19)17-8-4-7(12(13,14)15)6(5-16)3-9(8)18(21)22/h3-4H,2H2,1H3,(H,17,19). The summed E-state index contributed by atoms with van der Waals surface area (Å²) >= 11 is 0. The number of hydrogen-bond acceptors (Lipinski definition) is 6. The molecule has 23 heavy (non-hydrogen) atoms. The summed E-state index contributed by atoms with van der Waals surface area (Å²) in [6.45, 7) is 1.21. The van der Waals surface area contributed by atoms with Crippen molar-refractivity contribution in [3.05, 3.63) is 33.4 Å². The molecule has 11 heteroatoms. The number of alkyl halides is 3. The van der Waals surface area contributed by atoms with Crippen molar-refractivity contribution < 1.29 is 32.4 Å². The SMILES string of the molecule is CCOC(=O)C(=O)Nc1cc(C(F)(F)F)c(C#N)cc1[N+](=O)[O-]. The number of ether oxygens (including phenoxy) is 1. The molecule has 0 aliphatic carbocycles. The van der Waals surface area contributed by atoms with Gasteiger partial charge in [0.1, 0.15) is 11.8 Å². The number of rotatable bonds is 3. The van der Waals surface area contributed by atoms with Gasteiger partial charge in [-0.1, -0.05) is 0 Å². The van der Waals surface area contributed by atoms with Gasteiger partial charge in [-0.25, -0.2) is 4.79 Å². The topological polar surface area (TPSA) is 122 Å². The Bertz CT molecular complexity index is 709. The van der Waals surface area contributed by atoms with Crippen LogP contribution in [0.4, 0.5) is 24.5 Å². The van der Waals surface area contributed by atoms with E-state index in [2.05, 4.69) is 4.74 Å². The number of benzene rings is 1. The monoisotopic (exact) mass is 331 g/mol. The molecular formula is C12H8F3N3O5. The largest absolute Gasteiger partial charge is 0.459 e. The summed E-state index contributed by atoms with van der Waals surface area (Å²) in [5.41, 5.74) is -4.31. The fourth-order valence-electron chi connectivity index (χ4n) is 1.54. The Morgan fingerprint density at radius 3 is 2.48 bits per heavy atom. The Morgan fingerprint density at radius 1 is 1.43 bits per heavy atom. The highest BCUT2D eigenvalue weighted by Gasteiger charge is 2.36. The van der Waals surface area contributed by atoms with Crippen LogP contribution < -0.4 is 5.32 Å². The molecule has 0 heterocycles. The number of carbonyl (C=O) groups excluding carboxylic acids is 2. The van der Waals surface area contributed by atoms with E-state index in [1.807, 2.05) is 0 Å². The molecule has 1 aromatic rings. The van der Waals surface area contributed by atoms with Crippen LogP contribution in [0.5, 0.6) is 0 Å². The lowest BCUT2D eigenvalue weighted by atomic mass is 10.1. The van der Waals surface area contributed by atoms with Gasteiger partial charge in [-0.2, -0.15) is 18.4 Å². The maximum Gasteiger partial charge on any atom is 0.417 e. The maximum absolute atomic E-state index is 12.8. The number of nitrogens with zero attached hydrogens (tertiary/aromatic N) is 2. The second-order valence-electron chi connectivity index (χ2n) is 3.96. The van der Waals surface area contributed by atoms with Crippen molar-refractivity contribution in [2.75, 3.05) is 11.9 Å². The molecule has 0 radical (unpaired) electrons. The van der Waals surface area contributed by atoms with Crippen LogP contribution in [0.3, 0.4) is 0 Å². The molecule has 0 aliphatic heterocycles.